The Labute approximate surface area is 245 Å². The molecule has 41 heavy (non-hydrogen) atoms. The van der Waals surface area contributed by atoms with Crippen molar-refractivity contribution in [2.24, 2.45) is 0 Å². The molecule has 239 valence electrons. The Bertz CT molecular complexity index is 836. The molecule has 0 aliphatic heterocycles. The molecule has 0 saturated carbocycles. The Hall–Kier alpha value is -2.31. The molecule has 0 bridgehead atoms. The number of carbonyl (C=O) groups is 3. The zero-order chi connectivity index (χ0) is 32.6. The Morgan fingerprint density at radius 1 is 0.366 bits per heavy atom. The van der Waals surface area contributed by atoms with Gasteiger partial charge in [0.2, 0.25) is 17.3 Å². The number of halogens is 18. The first-order valence-electron chi connectivity index (χ1n) is 7.92. The van der Waals surface area contributed by atoms with Crippen LogP contribution in [0, 0.1) is 41.3 Å². The minimum Gasteiger partial charge on any atom is -0.504 e. The van der Waals surface area contributed by atoms with Gasteiger partial charge in [0.25, 0.3) is 17.3 Å². The van der Waals surface area contributed by atoms with Crippen LogP contribution in [0.25, 0.3) is 0 Å². The van der Waals surface area contributed by atoms with Gasteiger partial charge in [0.1, 0.15) is 0 Å². The first kappa shape index (κ1) is 48.4. The summed E-state index contributed by atoms with van der Waals surface area (Å²) in [6.07, 6.45) is -35.0. The number of aliphatic hydroxyl groups is 3. The van der Waals surface area contributed by atoms with E-state index in [0.29, 0.717) is 0 Å². The van der Waals surface area contributed by atoms with Crippen molar-refractivity contribution < 1.29 is 155 Å². The summed E-state index contributed by atoms with van der Waals surface area (Å²) in [5.74, 6) is -16.0. The summed E-state index contributed by atoms with van der Waals surface area (Å²) in [7, 11) is 0. The summed E-state index contributed by atoms with van der Waals surface area (Å²) < 4.78 is 204. The SMILES string of the molecule is O.O=C(C=C(O)C(F)(F)F)C(F)(F)F.O=C(C=C(O)C(F)(F)F)C(F)(F)F.O=C(C=C(O)C(F)(F)F)C(F)(F)F.[Pr]. The van der Waals surface area contributed by atoms with Gasteiger partial charge in [-0.05, 0) is 0 Å². The first-order chi connectivity index (χ1) is 16.6. The standard InChI is InChI=1S/3C5H2F6O2.H2O.Pr/c3*6-4(7,8)2(12)1-3(13)5(9,10)11;;/h3*1,12H;1H2;. The Kier molecular flexibility index (Phi) is 20.0. The fraction of sp³-hybridized carbons (Fsp3) is 0.400. The molecule has 0 fully saturated rings. The molecule has 0 saturated heterocycles. The predicted octanol–water partition coefficient (Wildman–Crippen LogP) is 5.54. The van der Waals surface area contributed by atoms with E-state index < -0.39 is 89.9 Å². The summed E-state index contributed by atoms with van der Waals surface area (Å²) in [6.45, 7) is 0. The summed E-state index contributed by atoms with van der Waals surface area (Å²) >= 11 is 0. The summed E-state index contributed by atoms with van der Waals surface area (Å²) in [4.78, 5) is 29.6. The van der Waals surface area contributed by atoms with Gasteiger partial charge in [-0.25, -0.2) is 0 Å². The van der Waals surface area contributed by atoms with Crippen molar-refractivity contribution in [3.05, 3.63) is 35.5 Å². The third-order valence-electron chi connectivity index (χ3n) is 2.51. The van der Waals surface area contributed by atoms with Crippen molar-refractivity contribution in [2.45, 2.75) is 37.1 Å². The smallest absolute Gasteiger partial charge is 0.454 e. The maximum atomic E-state index is 11.4. The van der Waals surface area contributed by atoms with E-state index in [9.17, 15) is 93.4 Å². The van der Waals surface area contributed by atoms with Crippen molar-refractivity contribution in [1.82, 2.24) is 0 Å². The van der Waals surface area contributed by atoms with E-state index in [-0.39, 0.29) is 46.8 Å². The van der Waals surface area contributed by atoms with Crippen LogP contribution in [0.4, 0.5) is 79.0 Å². The molecule has 0 aliphatic carbocycles. The van der Waals surface area contributed by atoms with Gasteiger partial charge >= 0.3 is 37.1 Å². The molecule has 7 nitrogen and oxygen atoms in total. The monoisotopic (exact) mass is 783 g/mol. The van der Waals surface area contributed by atoms with Gasteiger partial charge in [0, 0.05) is 59.5 Å². The van der Waals surface area contributed by atoms with E-state index in [1.54, 1.807) is 0 Å². The second-order valence-electron chi connectivity index (χ2n) is 5.67. The minimum atomic E-state index is -5.42. The summed E-state index contributed by atoms with van der Waals surface area (Å²) in [5, 5.41) is 23.8. The van der Waals surface area contributed by atoms with Crippen LogP contribution in [0.2, 0.25) is 0 Å². The van der Waals surface area contributed by atoms with Gasteiger partial charge < -0.3 is 20.8 Å². The van der Waals surface area contributed by atoms with Gasteiger partial charge in [0.15, 0.2) is 0 Å². The van der Waals surface area contributed by atoms with Gasteiger partial charge in [-0.3, -0.25) is 14.4 Å². The van der Waals surface area contributed by atoms with Crippen LogP contribution in [0.15, 0.2) is 35.5 Å². The van der Waals surface area contributed by atoms with E-state index >= 15 is 0 Å². The summed E-state index contributed by atoms with van der Waals surface area (Å²) in [6, 6.07) is 0. The van der Waals surface area contributed by atoms with Gasteiger partial charge in [0.05, 0.1) is 0 Å². The molecule has 0 aromatic rings. The maximum absolute atomic E-state index is 11.4. The van der Waals surface area contributed by atoms with E-state index in [0.717, 1.165) is 0 Å². The molecule has 0 aromatic carbocycles. The Morgan fingerprint density at radius 2 is 0.488 bits per heavy atom. The molecular formula is C15H8F18O7Pr. The molecule has 26 heteroatoms. The van der Waals surface area contributed by atoms with E-state index in [4.69, 9.17) is 15.3 Å². The topological polar surface area (TPSA) is 143 Å². The van der Waals surface area contributed by atoms with E-state index in [1.807, 2.05) is 0 Å². The largest absolute Gasteiger partial charge is 0.504 e. The zero-order valence-corrected chi connectivity index (χ0v) is 21.9. The normalized spacial score (nSPS) is 13.8. The maximum Gasteiger partial charge on any atom is 0.454 e. The van der Waals surface area contributed by atoms with Crippen molar-refractivity contribution in [2.75, 3.05) is 0 Å². The van der Waals surface area contributed by atoms with Gasteiger partial charge in [-0.15, -0.1) is 0 Å². The fourth-order valence-corrected chi connectivity index (χ4v) is 0.864. The van der Waals surface area contributed by atoms with Crippen molar-refractivity contribution in [3.63, 3.8) is 0 Å². The molecule has 0 atom stereocenters. The van der Waals surface area contributed by atoms with Crippen LogP contribution >= 0.6 is 0 Å². The molecular weight excluding hydrogens is 775 g/mol. The number of hydrogen-bond acceptors (Lipinski definition) is 6. The van der Waals surface area contributed by atoms with Crippen LogP contribution in [0.5, 0.6) is 0 Å². The fourth-order valence-electron chi connectivity index (χ4n) is 0.864. The number of hydrogen-bond donors (Lipinski definition) is 3. The van der Waals surface area contributed by atoms with Crippen LogP contribution < -0.4 is 0 Å². The van der Waals surface area contributed by atoms with Crippen molar-refractivity contribution in [1.29, 1.82) is 0 Å². The Balaban J connectivity index is -0.000000154. The number of rotatable bonds is 3. The predicted molar refractivity (Wildman–Crippen MR) is 87.1 cm³/mol. The first-order valence-corrected chi connectivity index (χ1v) is 7.92. The molecule has 0 heterocycles. The average Bonchev–Trinajstić information content (AvgIpc) is 2.64. The molecule has 0 unspecified atom stereocenters. The van der Waals surface area contributed by atoms with Gasteiger partial charge in [-0.2, -0.15) is 79.0 Å². The summed E-state index contributed by atoms with van der Waals surface area (Å²) in [5.41, 5.74) is 0. The third-order valence-corrected chi connectivity index (χ3v) is 2.51. The van der Waals surface area contributed by atoms with Crippen LogP contribution in [-0.2, 0) is 14.4 Å². The van der Waals surface area contributed by atoms with Crippen LogP contribution in [0.1, 0.15) is 0 Å². The number of alkyl halides is 18. The number of carbonyl (C=O) groups excluding carboxylic acids is 3. The zero-order valence-electron chi connectivity index (χ0n) is 18.2. The van der Waals surface area contributed by atoms with Crippen molar-refractivity contribution in [3.8, 4) is 0 Å². The number of ketones is 3. The van der Waals surface area contributed by atoms with Crippen LogP contribution in [0.3, 0.4) is 0 Å². The minimum absolute atomic E-state index is 0. The quantitative estimate of drug-likeness (QED) is 0.195. The van der Waals surface area contributed by atoms with E-state index in [1.165, 1.54) is 0 Å². The number of allylic oxidation sites excluding steroid dienone is 6. The van der Waals surface area contributed by atoms with E-state index in [2.05, 4.69) is 0 Å². The molecule has 0 aliphatic rings. The molecule has 0 rings (SSSR count). The average molecular weight is 783 g/mol. The molecule has 0 aromatic heterocycles. The molecule has 5 N–H and O–H groups in total. The third kappa shape index (κ3) is 23.0. The second-order valence-corrected chi connectivity index (χ2v) is 5.67. The van der Waals surface area contributed by atoms with Crippen molar-refractivity contribution >= 4 is 17.3 Å². The van der Waals surface area contributed by atoms with Crippen LogP contribution in [-0.4, -0.2) is 75.2 Å². The molecule has 0 amide bonds. The Morgan fingerprint density at radius 3 is 0.561 bits per heavy atom. The van der Waals surface area contributed by atoms with Gasteiger partial charge in [-0.1, -0.05) is 0 Å². The number of aliphatic hydroxyl groups excluding tert-OH is 3. The molecule has 0 spiro atoms. The second kappa shape index (κ2) is 17.0. The molecule has 1 radical (unpaired) electrons.